The molecule has 0 spiro atoms. The van der Waals surface area contributed by atoms with Crippen molar-refractivity contribution in [2.45, 2.75) is 26.2 Å². The summed E-state index contributed by atoms with van der Waals surface area (Å²) >= 11 is 0. The van der Waals surface area contributed by atoms with Gasteiger partial charge in [-0.1, -0.05) is 17.2 Å². The number of hydrogen-bond acceptors (Lipinski definition) is 7. The number of fused-ring (bicyclic) bond motifs is 1. The van der Waals surface area contributed by atoms with Gasteiger partial charge in [0, 0.05) is 17.5 Å². The van der Waals surface area contributed by atoms with E-state index in [9.17, 15) is 4.79 Å². The number of carbonyl (C=O) groups excluding carboxylic acids is 1. The van der Waals surface area contributed by atoms with E-state index in [4.69, 9.17) is 19.5 Å². The zero-order chi connectivity index (χ0) is 18.1. The second-order valence-electron chi connectivity index (χ2n) is 6.48. The quantitative estimate of drug-likeness (QED) is 0.747. The Balaban J connectivity index is 1.55. The van der Waals surface area contributed by atoms with Gasteiger partial charge in [-0.2, -0.15) is 4.98 Å². The van der Waals surface area contributed by atoms with Crippen LogP contribution in [-0.4, -0.2) is 27.8 Å². The van der Waals surface area contributed by atoms with E-state index in [-0.39, 0.29) is 6.61 Å². The van der Waals surface area contributed by atoms with Gasteiger partial charge in [0.2, 0.25) is 5.82 Å². The molecule has 0 radical (unpaired) electrons. The van der Waals surface area contributed by atoms with Crippen molar-refractivity contribution in [3.8, 4) is 28.7 Å². The molecule has 0 bridgehead atoms. The number of carbonyl (C=O) groups is 1. The van der Waals surface area contributed by atoms with E-state index in [0.717, 1.165) is 36.1 Å². The lowest BCUT2D eigenvalue weighted by atomic mass is 9.88. The lowest BCUT2D eigenvalue weighted by Gasteiger charge is -2.15. The number of primary amides is 1. The van der Waals surface area contributed by atoms with Crippen molar-refractivity contribution in [1.82, 2.24) is 15.3 Å². The Morgan fingerprint density at radius 1 is 1.27 bits per heavy atom. The van der Waals surface area contributed by atoms with Crippen molar-refractivity contribution >= 4 is 5.91 Å². The number of nitrogens with zero attached hydrogens (tertiary/aromatic N) is 3. The smallest absolute Gasteiger partial charge is 0.280 e. The molecule has 1 unspecified atom stereocenters. The Kier molecular flexibility index (Phi) is 4.16. The summed E-state index contributed by atoms with van der Waals surface area (Å²) in [6, 6.07) is 7.00. The molecule has 0 saturated heterocycles. The molecule has 2 aromatic heterocycles. The van der Waals surface area contributed by atoms with Crippen molar-refractivity contribution in [1.29, 1.82) is 0 Å². The molecule has 2 heterocycles. The van der Waals surface area contributed by atoms with E-state index in [1.165, 1.54) is 0 Å². The molecule has 8 nitrogen and oxygen atoms in total. The van der Waals surface area contributed by atoms with E-state index < -0.39 is 5.91 Å². The normalized spacial score (nSPS) is 16.3. The van der Waals surface area contributed by atoms with Gasteiger partial charge in [-0.3, -0.25) is 4.79 Å². The molecule has 0 aliphatic heterocycles. The minimum Gasteiger partial charge on any atom is -0.484 e. The highest BCUT2D eigenvalue weighted by atomic mass is 16.5. The highest BCUT2D eigenvalue weighted by Gasteiger charge is 2.27. The summed E-state index contributed by atoms with van der Waals surface area (Å²) in [5, 5.41) is 8.16. The highest BCUT2D eigenvalue weighted by molar-refractivity contribution is 5.75. The Hall–Kier alpha value is -3.16. The van der Waals surface area contributed by atoms with Gasteiger partial charge in [0.15, 0.2) is 12.3 Å². The fraction of sp³-hybridized carbons (Fsp3) is 0.333. The molecular formula is C18H18N4O4. The van der Waals surface area contributed by atoms with E-state index in [0.29, 0.717) is 29.1 Å². The van der Waals surface area contributed by atoms with Crippen LogP contribution in [0.25, 0.3) is 23.0 Å². The average molecular weight is 354 g/mol. The summed E-state index contributed by atoms with van der Waals surface area (Å²) < 4.78 is 16.1. The maximum absolute atomic E-state index is 10.7. The molecule has 4 rings (SSSR count). The number of amides is 1. The number of benzene rings is 1. The number of nitrogens with two attached hydrogens (primary N) is 1. The van der Waals surface area contributed by atoms with Crippen LogP contribution >= 0.6 is 0 Å². The monoisotopic (exact) mass is 354 g/mol. The van der Waals surface area contributed by atoms with Gasteiger partial charge in [-0.25, -0.2) is 0 Å². The molecular weight excluding hydrogens is 336 g/mol. The second-order valence-corrected chi connectivity index (χ2v) is 6.48. The molecule has 0 fully saturated rings. The summed E-state index contributed by atoms with van der Waals surface area (Å²) in [6.07, 6.45) is 2.88. The van der Waals surface area contributed by atoms with Crippen molar-refractivity contribution < 1.29 is 18.6 Å². The van der Waals surface area contributed by atoms with Gasteiger partial charge >= 0.3 is 0 Å². The van der Waals surface area contributed by atoms with Crippen LogP contribution in [0.3, 0.4) is 0 Å². The van der Waals surface area contributed by atoms with Crippen LogP contribution in [0.5, 0.6) is 5.75 Å². The number of aromatic nitrogens is 3. The third-order valence-electron chi connectivity index (χ3n) is 4.41. The number of rotatable bonds is 5. The second kappa shape index (κ2) is 6.62. The molecule has 1 amide bonds. The van der Waals surface area contributed by atoms with E-state index in [1.54, 1.807) is 24.3 Å². The lowest BCUT2D eigenvalue weighted by Crippen LogP contribution is -2.19. The zero-order valence-corrected chi connectivity index (χ0v) is 14.3. The SMILES string of the molecule is CC1CCc2onc(-c3nc(-c4ccc(OCC(N)=O)cc4)no3)c2C1. The summed E-state index contributed by atoms with van der Waals surface area (Å²) in [7, 11) is 0. The molecule has 1 atom stereocenters. The lowest BCUT2D eigenvalue weighted by molar-refractivity contribution is -0.119. The third-order valence-corrected chi connectivity index (χ3v) is 4.41. The molecule has 3 aromatic rings. The molecule has 1 aliphatic rings. The first-order chi connectivity index (χ1) is 12.6. The van der Waals surface area contributed by atoms with Crippen LogP contribution in [0.15, 0.2) is 33.3 Å². The first-order valence-corrected chi connectivity index (χ1v) is 8.43. The summed E-state index contributed by atoms with van der Waals surface area (Å²) in [4.78, 5) is 15.2. The number of aryl methyl sites for hydroxylation is 1. The Labute approximate surface area is 149 Å². The fourth-order valence-electron chi connectivity index (χ4n) is 3.04. The van der Waals surface area contributed by atoms with Gasteiger partial charge in [-0.15, -0.1) is 0 Å². The molecule has 1 aromatic carbocycles. The molecule has 26 heavy (non-hydrogen) atoms. The Morgan fingerprint density at radius 3 is 2.85 bits per heavy atom. The largest absolute Gasteiger partial charge is 0.484 e. The minimum atomic E-state index is -0.526. The molecule has 1 aliphatic carbocycles. The molecule has 2 N–H and O–H groups in total. The fourth-order valence-corrected chi connectivity index (χ4v) is 3.04. The van der Waals surface area contributed by atoms with E-state index in [1.807, 2.05) is 0 Å². The van der Waals surface area contributed by atoms with Crippen molar-refractivity contribution in [2.75, 3.05) is 6.61 Å². The minimum absolute atomic E-state index is 0.165. The van der Waals surface area contributed by atoms with E-state index >= 15 is 0 Å². The first-order valence-electron chi connectivity index (χ1n) is 8.43. The van der Waals surface area contributed by atoms with Crippen LogP contribution in [0.2, 0.25) is 0 Å². The Morgan fingerprint density at radius 2 is 2.08 bits per heavy atom. The molecule has 0 saturated carbocycles. The maximum Gasteiger partial charge on any atom is 0.280 e. The van der Waals surface area contributed by atoms with Crippen LogP contribution in [0.4, 0.5) is 0 Å². The van der Waals surface area contributed by atoms with Gasteiger partial charge in [0.25, 0.3) is 11.8 Å². The van der Waals surface area contributed by atoms with Crippen LogP contribution in [-0.2, 0) is 17.6 Å². The number of ether oxygens (including phenoxy) is 1. The standard InChI is InChI=1S/C18H18N4O4/c1-10-2-7-14-13(8-10)16(21-25-14)18-20-17(22-26-18)11-3-5-12(6-4-11)24-9-15(19)23/h3-6,10H,2,7-9H2,1H3,(H2,19,23). The molecule has 8 heteroatoms. The Bertz CT molecular complexity index is 929. The van der Waals surface area contributed by atoms with Gasteiger partial charge in [-0.05, 0) is 43.0 Å². The predicted molar refractivity (Wildman–Crippen MR) is 91.1 cm³/mol. The van der Waals surface area contributed by atoms with Crippen LogP contribution < -0.4 is 10.5 Å². The zero-order valence-electron chi connectivity index (χ0n) is 14.3. The maximum atomic E-state index is 10.7. The number of hydrogen-bond donors (Lipinski definition) is 1. The van der Waals surface area contributed by atoms with Crippen LogP contribution in [0, 0.1) is 5.92 Å². The van der Waals surface area contributed by atoms with Gasteiger partial charge in [0.1, 0.15) is 11.5 Å². The summed E-state index contributed by atoms with van der Waals surface area (Å²) in [5.74, 6) is 2.30. The van der Waals surface area contributed by atoms with Crippen molar-refractivity contribution in [2.24, 2.45) is 11.7 Å². The van der Waals surface area contributed by atoms with E-state index in [2.05, 4.69) is 22.2 Å². The predicted octanol–water partition coefficient (Wildman–Crippen LogP) is 2.38. The van der Waals surface area contributed by atoms with Gasteiger partial charge < -0.3 is 19.5 Å². The van der Waals surface area contributed by atoms with Crippen molar-refractivity contribution in [3.05, 3.63) is 35.6 Å². The average Bonchev–Trinajstić information content (AvgIpc) is 3.26. The molecule has 134 valence electrons. The van der Waals surface area contributed by atoms with Crippen LogP contribution in [0.1, 0.15) is 24.7 Å². The third kappa shape index (κ3) is 3.17. The first kappa shape index (κ1) is 16.3. The summed E-state index contributed by atoms with van der Waals surface area (Å²) in [5.41, 5.74) is 7.51. The van der Waals surface area contributed by atoms with Gasteiger partial charge in [0.05, 0.1) is 0 Å². The highest BCUT2D eigenvalue weighted by Crippen LogP contribution is 2.33. The topological polar surface area (TPSA) is 117 Å². The van der Waals surface area contributed by atoms with Crippen molar-refractivity contribution in [3.63, 3.8) is 0 Å². The summed E-state index contributed by atoms with van der Waals surface area (Å²) in [6.45, 7) is 2.04.